The fourth-order valence-electron chi connectivity index (χ4n) is 3.51. The second kappa shape index (κ2) is 8.17. The van der Waals surface area contributed by atoms with Crippen LogP contribution in [0.15, 0.2) is 23.3 Å². The number of methoxy groups -OCH3 is 1. The molecule has 1 saturated heterocycles. The van der Waals surface area contributed by atoms with Gasteiger partial charge in [0.05, 0.1) is 13.7 Å². The summed E-state index contributed by atoms with van der Waals surface area (Å²) in [6.45, 7) is 5.89. The minimum atomic E-state index is 0. The Kier molecular flexibility index (Phi) is 6.50. The molecular formula is C17H27IN4O. The van der Waals surface area contributed by atoms with Crippen LogP contribution >= 0.6 is 24.0 Å². The number of hydrogen-bond donors (Lipinski definition) is 1. The Morgan fingerprint density at radius 3 is 2.87 bits per heavy atom. The van der Waals surface area contributed by atoms with Gasteiger partial charge in [0, 0.05) is 31.4 Å². The summed E-state index contributed by atoms with van der Waals surface area (Å²) in [5.74, 6) is 1.69. The van der Waals surface area contributed by atoms with E-state index in [4.69, 9.17) is 9.73 Å². The fraction of sp³-hybridized carbons (Fsp3) is 0.647. The number of nitrogens with one attached hydrogen (secondary N) is 1. The van der Waals surface area contributed by atoms with E-state index in [0.717, 1.165) is 31.2 Å². The van der Waals surface area contributed by atoms with Crippen LogP contribution in [-0.4, -0.2) is 42.6 Å². The number of likely N-dealkylation sites (tertiary alicyclic amines) is 1. The molecule has 1 saturated carbocycles. The first-order chi connectivity index (χ1) is 10.8. The van der Waals surface area contributed by atoms with E-state index in [9.17, 15) is 0 Å². The van der Waals surface area contributed by atoms with Crippen molar-refractivity contribution in [3.63, 3.8) is 0 Å². The van der Waals surface area contributed by atoms with Crippen molar-refractivity contribution in [2.24, 2.45) is 10.4 Å². The number of ether oxygens (including phenoxy) is 1. The molecule has 128 valence electrons. The molecule has 0 atom stereocenters. The number of nitrogens with zero attached hydrogens (tertiary/aromatic N) is 3. The van der Waals surface area contributed by atoms with Gasteiger partial charge in [0.1, 0.15) is 0 Å². The van der Waals surface area contributed by atoms with Gasteiger partial charge < -0.3 is 15.0 Å². The molecule has 0 amide bonds. The van der Waals surface area contributed by atoms with Crippen LogP contribution < -0.4 is 10.1 Å². The predicted molar refractivity (Wildman–Crippen MR) is 103 cm³/mol. The fourth-order valence-corrected chi connectivity index (χ4v) is 3.51. The summed E-state index contributed by atoms with van der Waals surface area (Å²) in [5, 5.41) is 3.43. The lowest BCUT2D eigenvalue weighted by Crippen LogP contribution is -2.42. The van der Waals surface area contributed by atoms with Gasteiger partial charge in [-0.3, -0.25) is 0 Å². The molecule has 1 aromatic rings. The lowest BCUT2D eigenvalue weighted by molar-refractivity contribution is 0.151. The quantitative estimate of drug-likeness (QED) is 0.453. The van der Waals surface area contributed by atoms with E-state index in [1.54, 1.807) is 13.3 Å². The van der Waals surface area contributed by atoms with Gasteiger partial charge in [-0.05, 0) is 37.7 Å². The number of hydrogen-bond acceptors (Lipinski definition) is 3. The van der Waals surface area contributed by atoms with Crippen molar-refractivity contribution in [3.05, 3.63) is 23.9 Å². The molecule has 3 rings (SSSR count). The maximum atomic E-state index is 5.31. The van der Waals surface area contributed by atoms with Crippen molar-refractivity contribution < 1.29 is 4.74 Å². The van der Waals surface area contributed by atoms with Crippen molar-refractivity contribution in [3.8, 4) is 5.88 Å². The number of halogens is 1. The van der Waals surface area contributed by atoms with Gasteiger partial charge in [-0.1, -0.05) is 12.5 Å². The topological polar surface area (TPSA) is 49.8 Å². The number of rotatable bonds is 4. The normalized spacial score (nSPS) is 19.2. The van der Waals surface area contributed by atoms with Crippen LogP contribution in [-0.2, 0) is 6.54 Å². The van der Waals surface area contributed by atoms with Gasteiger partial charge in [0.25, 0.3) is 0 Å². The van der Waals surface area contributed by atoms with Gasteiger partial charge in [0.15, 0.2) is 5.96 Å². The summed E-state index contributed by atoms with van der Waals surface area (Å²) >= 11 is 0. The minimum absolute atomic E-state index is 0. The Hall–Kier alpha value is -1.05. The van der Waals surface area contributed by atoms with E-state index < -0.39 is 0 Å². The molecule has 0 unspecified atom stereocenters. The predicted octanol–water partition coefficient (Wildman–Crippen LogP) is 3.05. The van der Waals surface area contributed by atoms with Crippen molar-refractivity contribution in [2.45, 2.75) is 39.2 Å². The smallest absolute Gasteiger partial charge is 0.218 e. The molecule has 1 aromatic heterocycles. The summed E-state index contributed by atoms with van der Waals surface area (Å²) in [4.78, 5) is 11.5. The Morgan fingerprint density at radius 1 is 1.43 bits per heavy atom. The number of pyridine rings is 1. The molecule has 6 heteroatoms. The first kappa shape index (κ1) is 18.3. The van der Waals surface area contributed by atoms with E-state index in [0.29, 0.717) is 17.8 Å². The highest BCUT2D eigenvalue weighted by Crippen LogP contribution is 2.47. The summed E-state index contributed by atoms with van der Waals surface area (Å²) in [7, 11) is 1.65. The third-order valence-corrected chi connectivity index (χ3v) is 4.93. The molecule has 2 fully saturated rings. The lowest BCUT2D eigenvalue weighted by Gasteiger charge is -2.38. The highest BCUT2D eigenvalue weighted by atomic mass is 127. The third kappa shape index (κ3) is 4.08. The average Bonchev–Trinajstić information content (AvgIpc) is 2.97. The van der Waals surface area contributed by atoms with Crippen LogP contribution in [0.25, 0.3) is 0 Å². The minimum Gasteiger partial charge on any atom is -0.481 e. The summed E-state index contributed by atoms with van der Waals surface area (Å²) in [5.41, 5.74) is 1.61. The molecule has 1 spiro atoms. The summed E-state index contributed by atoms with van der Waals surface area (Å²) in [6, 6.07) is 3.95. The Labute approximate surface area is 155 Å². The largest absolute Gasteiger partial charge is 0.481 e. The molecule has 0 bridgehead atoms. The number of aliphatic imine (C=N–C) groups is 1. The molecule has 23 heavy (non-hydrogen) atoms. The van der Waals surface area contributed by atoms with E-state index in [-0.39, 0.29) is 24.0 Å². The van der Waals surface area contributed by atoms with E-state index in [1.807, 2.05) is 12.1 Å². The highest BCUT2D eigenvalue weighted by Gasteiger charge is 2.43. The monoisotopic (exact) mass is 430 g/mol. The zero-order valence-corrected chi connectivity index (χ0v) is 16.4. The second-order valence-electron chi connectivity index (χ2n) is 6.37. The van der Waals surface area contributed by atoms with Gasteiger partial charge in [0.2, 0.25) is 5.88 Å². The van der Waals surface area contributed by atoms with Crippen molar-refractivity contribution >= 4 is 29.9 Å². The van der Waals surface area contributed by atoms with Gasteiger partial charge in [-0.25, -0.2) is 9.98 Å². The van der Waals surface area contributed by atoms with Crippen LogP contribution in [0.2, 0.25) is 0 Å². The van der Waals surface area contributed by atoms with Crippen LogP contribution in [0.1, 0.15) is 38.2 Å². The van der Waals surface area contributed by atoms with Crippen LogP contribution in [0.3, 0.4) is 0 Å². The Morgan fingerprint density at radius 2 is 2.26 bits per heavy atom. The standard InChI is InChI=1S/C17H26N4O.HI/c1-3-18-16(21-11-9-17(13-21)7-5-8-17)20-12-14-6-4-10-19-15(14)22-2;/h4,6,10H,3,5,7-9,11-13H2,1-2H3,(H,18,20);1H. The number of guanidine groups is 1. The van der Waals surface area contributed by atoms with Crippen LogP contribution in [0, 0.1) is 5.41 Å². The average molecular weight is 430 g/mol. The van der Waals surface area contributed by atoms with E-state index in [2.05, 4.69) is 22.1 Å². The first-order valence-electron chi connectivity index (χ1n) is 8.27. The second-order valence-corrected chi connectivity index (χ2v) is 6.37. The first-order valence-corrected chi connectivity index (χ1v) is 8.27. The summed E-state index contributed by atoms with van der Waals surface area (Å²) < 4.78 is 5.31. The Balaban J connectivity index is 0.00000192. The molecule has 0 radical (unpaired) electrons. The van der Waals surface area contributed by atoms with Crippen LogP contribution in [0.4, 0.5) is 0 Å². The van der Waals surface area contributed by atoms with Gasteiger partial charge in [-0.2, -0.15) is 0 Å². The SMILES string of the molecule is CCNC(=NCc1cccnc1OC)N1CCC2(CCC2)C1.I. The maximum Gasteiger partial charge on any atom is 0.218 e. The Bertz CT molecular complexity index is 545. The molecule has 2 heterocycles. The molecule has 1 aliphatic heterocycles. The lowest BCUT2D eigenvalue weighted by atomic mass is 9.68. The molecule has 5 nitrogen and oxygen atoms in total. The van der Waals surface area contributed by atoms with Crippen LogP contribution in [0.5, 0.6) is 5.88 Å². The zero-order valence-electron chi connectivity index (χ0n) is 14.0. The third-order valence-electron chi connectivity index (χ3n) is 4.93. The molecule has 1 aliphatic carbocycles. The molecule has 1 N–H and O–H groups in total. The highest BCUT2D eigenvalue weighted by molar-refractivity contribution is 14.0. The van der Waals surface area contributed by atoms with Crippen molar-refractivity contribution in [1.82, 2.24) is 15.2 Å². The van der Waals surface area contributed by atoms with E-state index >= 15 is 0 Å². The molecule has 0 aromatic carbocycles. The summed E-state index contributed by atoms with van der Waals surface area (Å²) in [6.07, 6.45) is 7.23. The maximum absolute atomic E-state index is 5.31. The van der Waals surface area contributed by atoms with Crippen molar-refractivity contribution in [2.75, 3.05) is 26.7 Å². The van der Waals surface area contributed by atoms with E-state index in [1.165, 1.54) is 25.7 Å². The number of aromatic nitrogens is 1. The van der Waals surface area contributed by atoms with Gasteiger partial charge in [-0.15, -0.1) is 24.0 Å². The van der Waals surface area contributed by atoms with Crippen molar-refractivity contribution in [1.29, 1.82) is 0 Å². The molecular weight excluding hydrogens is 403 g/mol. The van der Waals surface area contributed by atoms with Gasteiger partial charge >= 0.3 is 0 Å². The zero-order chi connectivity index (χ0) is 15.4. The molecule has 2 aliphatic rings.